The molecule has 1 atom stereocenters. The highest BCUT2D eigenvalue weighted by molar-refractivity contribution is 5.78. The minimum Gasteiger partial charge on any atom is -0.484 e. The van der Waals surface area contributed by atoms with Gasteiger partial charge in [-0.15, -0.1) is 10.2 Å². The second-order valence-corrected chi connectivity index (χ2v) is 7.67. The number of hydrogen-bond acceptors (Lipinski definition) is 5. The van der Waals surface area contributed by atoms with Crippen molar-refractivity contribution in [3.8, 4) is 17.2 Å². The van der Waals surface area contributed by atoms with Crippen molar-refractivity contribution in [3.05, 3.63) is 66.1 Å². The Bertz CT molecular complexity index is 902. The lowest BCUT2D eigenvalue weighted by molar-refractivity contribution is -0.124. The second kappa shape index (κ2) is 9.37. The molecule has 0 bridgehead atoms. The van der Waals surface area contributed by atoms with Gasteiger partial charge in [-0.25, -0.2) is 0 Å². The van der Waals surface area contributed by atoms with Gasteiger partial charge in [0, 0.05) is 5.56 Å². The van der Waals surface area contributed by atoms with Gasteiger partial charge >= 0.3 is 0 Å². The van der Waals surface area contributed by atoms with E-state index in [1.54, 1.807) is 12.1 Å². The van der Waals surface area contributed by atoms with E-state index >= 15 is 0 Å². The van der Waals surface area contributed by atoms with Crippen LogP contribution in [0.2, 0.25) is 0 Å². The van der Waals surface area contributed by atoms with Crippen molar-refractivity contribution >= 4 is 5.91 Å². The van der Waals surface area contributed by atoms with Crippen molar-refractivity contribution in [2.45, 2.75) is 39.7 Å². The minimum atomic E-state index is -0.155. The summed E-state index contributed by atoms with van der Waals surface area (Å²) in [4.78, 5) is 12.5. The summed E-state index contributed by atoms with van der Waals surface area (Å²) < 4.78 is 10.8. The topological polar surface area (TPSA) is 77.2 Å². The van der Waals surface area contributed by atoms with Gasteiger partial charge in [0.2, 0.25) is 12.3 Å². The summed E-state index contributed by atoms with van der Waals surface area (Å²) in [5, 5.41) is 10.6. The van der Waals surface area contributed by atoms with E-state index in [1.807, 2.05) is 12.1 Å². The first kappa shape index (κ1) is 20.6. The van der Waals surface area contributed by atoms with Crippen LogP contribution in [0.5, 0.6) is 5.75 Å². The highest BCUT2D eigenvalue weighted by Gasteiger charge is 2.19. The summed E-state index contributed by atoms with van der Waals surface area (Å²) in [6.45, 7) is 8.48. The van der Waals surface area contributed by atoms with Crippen LogP contribution in [0.4, 0.5) is 0 Å². The maximum absolute atomic E-state index is 12.5. The Morgan fingerprint density at radius 2 is 1.66 bits per heavy atom. The van der Waals surface area contributed by atoms with Gasteiger partial charge in [-0.3, -0.25) is 4.79 Å². The van der Waals surface area contributed by atoms with Crippen LogP contribution < -0.4 is 10.1 Å². The third-order valence-corrected chi connectivity index (χ3v) is 4.78. The lowest BCUT2D eigenvalue weighted by atomic mass is 9.93. The van der Waals surface area contributed by atoms with Crippen molar-refractivity contribution in [3.63, 3.8) is 0 Å². The molecule has 1 amide bonds. The molecule has 0 spiro atoms. The van der Waals surface area contributed by atoms with Crippen LogP contribution in [0.1, 0.15) is 50.8 Å². The number of ether oxygens (including phenoxy) is 1. The average Bonchev–Trinajstić information content (AvgIpc) is 3.25. The molecule has 0 saturated carbocycles. The first-order valence-corrected chi connectivity index (χ1v) is 9.82. The molecule has 0 radical (unpaired) electrons. The fourth-order valence-corrected chi connectivity index (χ4v) is 3.08. The summed E-state index contributed by atoms with van der Waals surface area (Å²) in [5.41, 5.74) is 3.18. The van der Waals surface area contributed by atoms with E-state index in [4.69, 9.17) is 9.15 Å². The quantitative estimate of drug-likeness (QED) is 0.597. The molecule has 2 aromatic carbocycles. The molecular formula is C23H27N3O3. The van der Waals surface area contributed by atoms with Crippen LogP contribution >= 0.6 is 0 Å². The number of rotatable bonds is 8. The van der Waals surface area contributed by atoms with Gasteiger partial charge in [-0.2, -0.15) is 0 Å². The maximum atomic E-state index is 12.5. The van der Waals surface area contributed by atoms with Gasteiger partial charge < -0.3 is 14.5 Å². The van der Waals surface area contributed by atoms with Crippen LogP contribution in [0.15, 0.2) is 59.3 Å². The molecule has 3 rings (SSSR count). The average molecular weight is 393 g/mol. The molecule has 152 valence electrons. The predicted molar refractivity (Wildman–Crippen MR) is 111 cm³/mol. The smallest absolute Gasteiger partial charge is 0.258 e. The van der Waals surface area contributed by atoms with Gasteiger partial charge in [0.1, 0.15) is 5.75 Å². The Kier molecular flexibility index (Phi) is 6.65. The summed E-state index contributed by atoms with van der Waals surface area (Å²) in [6, 6.07) is 15.6. The Morgan fingerprint density at radius 1 is 1.00 bits per heavy atom. The van der Waals surface area contributed by atoms with E-state index in [0.29, 0.717) is 17.6 Å². The van der Waals surface area contributed by atoms with Gasteiger partial charge in [0.05, 0.1) is 6.04 Å². The van der Waals surface area contributed by atoms with Gasteiger partial charge in [-0.1, -0.05) is 52.0 Å². The fourth-order valence-electron chi connectivity index (χ4n) is 3.08. The molecule has 6 nitrogen and oxygen atoms in total. The summed E-state index contributed by atoms with van der Waals surface area (Å²) >= 11 is 0. The third kappa shape index (κ3) is 5.44. The molecule has 1 N–H and O–H groups in total. The molecule has 3 aromatic rings. The van der Waals surface area contributed by atoms with E-state index in [0.717, 1.165) is 11.1 Å². The number of amides is 1. The zero-order valence-electron chi connectivity index (χ0n) is 17.3. The van der Waals surface area contributed by atoms with Gasteiger partial charge in [0.15, 0.2) is 6.61 Å². The molecule has 0 aliphatic carbocycles. The largest absolute Gasteiger partial charge is 0.484 e. The number of nitrogens with zero attached hydrogens (tertiary/aromatic N) is 2. The Morgan fingerprint density at radius 3 is 2.21 bits per heavy atom. The maximum Gasteiger partial charge on any atom is 0.258 e. The van der Waals surface area contributed by atoms with Crippen molar-refractivity contribution in [2.24, 2.45) is 5.92 Å². The normalized spacial score (nSPS) is 12.2. The molecule has 0 saturated heterocycles. The zero-order chi connectivity index (χ0) is 20.8. The molecule has 1 heterocycles. The first-order chi connectivity index (χ1) is 13.9. The van der Waals surface area contributed by atoms with Crippen LogP contribution in [0.25, 0.3) is 11.5 Å². The number of carbonyl (C=O) groups excluding carboxylic acids is 1. The number of hydrogen-bond donors (Lipinski definition) is 1. The van der Waals surface area contributed by atoms with Crippen molar-refractivity contribution in [1.29, 1.82) is 0 Å². The highest BCUT2D eigenvalue weighted by Crippen LogP contribution is 2.24. The van der Waals surface area contributed by atoms with Crippen LogP contribution in [0, 0.1) is 5.92 Å². The third-order valence-electron chi connectivity index (χ3n) is 4.78. The Balaban J connectivity index is 1.57. The summed E-state index contributed by atoms with van der Waals surface area (Å²) in [7, 11) is 0. The minimum absolute atomic E-state index is 0.0484. The molecule has 0 fully saturated rings. The molecule has 0 aliphatic rings. The van der Waals surface area contributed by atoms with Crippen LogP contribution in [0.3, 0.4) is 0 Å². The van der Waals surface area contributed by atoms with Crippen LogP contribution in [-0.4, -0.2) is 22.7 Å². The summed E-state index contributed by atoms with van der Waals surface area (Å²) in [5.74, 6) is 1.63. The number of nitrogens with one attached hydrogen (secondary N) is 1. The molecular weight excluding hydrogens is 366 g/mol. The van der Waals surface area contributed by atoms with Crippen molar-refractivity contribution in [2.75, 3.05) is 6.61 Å². The van der Waals surface area contributed by atoms with E-state index in [2.05, 4.69) is 67.5 Å². The number of aromatic nitrogens is 2. The van der Waals surface area contributed by atoms with Crippen LogP contribution in [-0.2, 0) is 4.79 Å². The lowest BCUT2D eigenvalue weighted by Crippen LogP contribution is -2.35. The molecule has 29 heavy (non-hydrogen) atoms. The highest BCUT2D eigenvalue weighted by atomic mass is 16.5. The summed E-state index contributed by atoms with van der Waals surface area (Å²) in [6.07, 6.45) is 1.28. The van der Waals surface area contributed by atoms with E-state index in [1.165, 1.54) is 12.0 Å². The lowest BCUT2D eigenvalue weighted by Gasteiger charge is -2.23. The van der Waals surface area contributed by atoms with Gasteiger partial charge in [0.25, 0.3) is 5.91 Å². The zero-order valence-corrected chi connectivity index (χ0v) is 17.3. The fraction of sp³-hybridized carbons (Fsp3) is 0.348. The SMILES string of the molecule is CC(C)c1ccc([C@@H](NC(=O)COc2ccc(-c3nnco3)cc2)C(C)C)cc1. The molecule has 1 aromatic heterocycles. The molecule has 6 heteroatoms. The van der Waals surface area contributed by atoms with Gasteiger partial charge in [-0.05, 0) is 47.2 Å². The Hall–Kier alpha value is -3.15. The predicted octanol–water partition coefficient (Wildman–Crippen LogP) is 4.75. The Labute approximate surface area is 171 Å². The van der Waals surface area contributed by atoms with Crippen molar-refractivity contribution < 1.29 is 13.9 Å². The van der Waals surface area contributed by atoms with E-state index in [-0.39, 0.29) is 24.5 Å². The number of benzene rings is 2. The standard InChI is InChI=1S/C23H27N3O3/c1-15(2)17-5-7-18(8-6-17)22(16(3)4)25-21(27)13-28-20-11-9-19(10-12-20)23-26-24-14-29-23/h5-12,14-16,22H,13H2,1-4H3,(H,25,27)/t22-/m0/s1. The second-order valence-electron chi connectivity index (χ2n) is 7.67. The first-order valence-electron chi connectivity index (χ1n) is 9.82. The van der Waals surface area contributed by atoms with E-state index in [9.17, 15) is 4.79 Å². The molecule has 0 aliphatic heterocycles. The van der Waals surface area contributed by atoms with Crippen molar-refractivity contribution in [1.82, 2.24) is 15.5 Å². The van der Waals surface area contributed by atoms with E-state index < -0.39 is 0 Å². The number of carbonyl (C=O) groups is 1. The monoisotopic (exact) mass is 393 g/mol. The molecule has 0 unspecified atom stereocenters.